The fraction of sp³-hybridized carbons (Fsp3) is 0.643. The molecule has 0 aliphatic carbocycles. The van der Waals surface area contributed by atoms with Crippen molar-refractivity contribution in [3.8, 4) is 0 Å². The first-order chi connectivity index (χ1) is 10.6. The van der Waals surface area contributed by atoms with Crippen LogP contribution in [0.25, 0.3) is 0 Å². The number of ether oxygens (including phenoxy) is 1. The van der Waals surface area contributed by atoms with Crippen LogP contribution < -0.4 is 0 Å². The van der Waals surface area contributed by atoms with Gasteiger partial charge in [0.15, 0.2) is 0 Å². The second kappa shape index (κ2) is 6.76. The van der Waals surface area contributed by atoms with Crippen molar-refractivity contribution in [2.45, 2.75) is 24.4 Å². The van der Waals surface area contributed by atoms with Gasteiger partial charge >= 0.3 is 0 Å². The Bertz CT molecular complexity index is 675. The minimum absolute atomic E-state index is 0.308. The van der Waals surface area contributed by atoms with Crippen molar-refractivity contribution in [1.29, 1.82) is 0 Å². The van der Waals surface area contributed by atoms with Gasteiger partial charge in [-0.05, 0) is 38.1 Å². The lowest BCUT2D eigenvalue weighted by Crippen LogP contribution is -2.40. The summed E-state index contributed by atoms with van der Waals surface area (Å²) in [6, 6.07) is 3.31. The lowest BCUT2D eigenvalue weighted by molar-refractivity contribution is 0.0730. The van der Waals surface area contributed by atoms with Gasteiger partial charge in [0, 0.05) is 19.3 Å². The summed E-state index contributed by atoms with van der Waals surface area (Å²) in [5, 5.41) is 0. The largest absolute Gasteiger partial charge is 0.379 e. The summed E-state index contributed by atoms with van der Waals surface area (Å²) in [6.07, 6.45) is 4.06. The van der Waals surface area contributed by atoms with Crippen LogP contribution in [0.4, 0.5) is 0 Å². The molecule has 122 valence electrons. The smallest absolute Gasteiger partial charge is 0.244 e. The second-order valence-electron chi connectivity index (χ2n) is 5.66. The van der Waals surface area contributed by atoms with Crippen molar-refractivity contribution in [3.05, 3.63) is 23.0 Å². The molecular formula is C14H21N3O3S2. The SMILES string of the molecule is O=S(=O)(c1ccc(=S)n(CN2CCCC2)c1)N1CCOCC1. The topological polar surface area (TPSA) is 54.8 Å². The molecule has 2 fully saturated rings. The van der Waals surface area contributed by atoms with Crippen LogP contribution in [0.1, 0.15) is 12.8 Å². The summed E-state index contributed by atoms with van der Waals surface area (Å²) in [5.74, 6) is 0. The van der Waals surface area contributed by atoms with Crippen LogP contribution in [0.5, 0.6) is 0 Å². The van der Waals surface area contributed by atoms with Gasteiger partial charge in [-0.25, -0.2) is 8.42 Å². The molecule has 0 aromatic carbocycles. The Balaban J connectivity index is 1.85. The fourth-order valence-electron chi connectivity index (χ4n) is 2.85. The molecule has 0 spiro atoms. The maximum absolute atomic E-state index is 12.7. The molecular weight excluding hydrogens is 322 g/mol. The number of pyridine rings is 1. The van der Waals surface area contributed by atoms with Crippen molar-refractivity contribution in [3.63, 3.8) is 0 Å². The Morgan fingerprint density at radius 2 is 1.77 bits per heavy atom. The van der Waals surface area contributed by atoms with Crippen LogP contribution in [0.2, 0.25) is 0 Å². The van der Waals surface area contributed by atoms with Crippen LogP contribution in [0.15, 0.2) is 23.2 Å². The predicted octanol–water partition coefficient (Wildman–Crippen LogP) is 1.29. The molecule has 1 aromatic heterocycles. The average Bonchev–Trinajstić information content (AvgIpc) is 3.03. The molecule has 3 heterocycles. The first-order valence-electron chi connectivity index (χ1n) is 7.58. The predicted molar refractivity (Wildman–Crippen MR) is 85.7 cm³/mol. The van der Waals surface area contributed by atoms with Gasteiger partial charge in [0.25, 0.3) is 0 Å². The number of likely N-dealkylation sites (tertiary alicyclic amines) is 1. The van der Waals surface area contributed by atoms with Crippen LogP contribution in [0, 0.1) is 4.64 Å². The van der Waals surface area contributed by atoms with E-state index >= 15 is 0 Å². The van der Waals surface area contributed by atoms with Crippen molar-refractivity contribution < 1.29 is 13.2 Å². The summed E-state index contributed by atoms with van der Waals surface area (Å²) >= 11 is 5.33. The Kier molecular flexibility index (Phi) is 4.94. The third kappa shape index (κ3) is 3.41. The van der Waals surface area contributed by atoms with Crippen LogP contribution >= 0.6 is 12.2 Å². The molecule has 2 aliphatic heterocycles. The first kappa shape index (κ1) is 16.1. The van der Waals surface area contributed by atoms with Gasteiger partial charge in [-0.3, -0.25) is 4.90 Å². The van der Waals surface area contributed by atoms with E-state index in [0.29, 0.717) is 42.5 Å². The van der Waals surface area contributed by atoms with E-state index in [9.17, 15) is 8.42 Å². The summed E-state index contributed by atoms with van der Waals surface area (Å²) in [5.41, 5.74) is 0. The van der Waals surface area contributed by atoms with Gasteiger partial charge in [0.1, 0.15) is 4.64 Å². The molecule has 8 heteroatoms. The molecule has 0 saturated carbocycles. The van der Waals surface area contributed by atoms with Gasteiger partial charge < -0.3 is 9.30 Å². The summed E-state index contributed by atoms with van der Waals surface area (Å²) in [7, 11) is -3.47. The van der Waals surface area contributed by atoms with E-state index in [4.69, 9.17) is 17.0 Å². The van der Waals surface area contributed by atoms with Crippen molar-refractivity contribution in [2.24, 2.45) is 0 Å². The summed E-state index contributed by atoms with van der Waals surface area (Å²) in [4.78, 5) is 2.60. The molecule has 0 N–H and O–H groups in total. The monoisotopic (exact) mass is 343 g/mol. The number of hydrogen-bond donors (Lipinski definition) is 0. The molecule has 0 unspecified atom stereocenters. The molecule has 0 amide bonds. The highest BCUT2D eigenvalue weighted by molar-refractivity contribution is 7.89. The molecule has 0 atom stereocenters. The van der Waals surface area contributed by atoms with E-state index < -0.39 is 10.0 Å². The number of rotatable bonds is 4. The van der Waals surface area contributed by atoms with Crippen molar-refractivity contribution in [2.75, 3.05) is 39.4 Å². The van der Waals surface area contributed by atoms with E-state index in [2.05, 4.69) is 4.90 Å². The highest BCUT2D eigenvalue weighted by Gasteiger charge is 2.26. The summed E-state index contributed by atoms with van der Waals surface area (Å²) < 4.78 is 34.6. The van der Waals surface area contributed by atoms with Gasteiger partial charge in [-0.2, -0.15) is 4.31 Å². The fourth-order valence-corrected chi connectivity index (χ4v) is 4.45. The third-order valence-corrected chi connectivity index (χ3v) is 6.37. The highest BCUT2D eigenvalue weighted by Crippen LogP contribution is 2.18. The van der Waals surface area contributed by atoms with E-state index in [1.165, 1.54) is 17.1 Å². The van der Waals surface area contributed by atoms with Crippen molar-refractivity contribution in [1.82, 2.24) is 13.8 Å². The van der Waals surface area contributed by atoms with Crippen molar-refractivity contribution >= 4 is 22.2 Å². The highest BCUT2D eigenvalue weighted by atomic mass is 32.2. The lowest BCUT2D eigenvalue weighted by Gasteiger charge is -2.26. The van der Waals surface area contributed by atoms with Crippen LogP contribution in [-0.2, 0) is 21.4 Å². The molecule has 22 heavy (non-hydrogen) atoms. The van der Waals surface area contributed by atoms with Gasteiger partial charge in [0.2, 0.25) is 10.0 Å². The molecule has 0 radical (unpaired) electrons. The number of aromatic nitrogens is 1. The maximum atomic E-state index is 12.7. The normalized spacial score (nSPS) is 21.3. The zero-order valence-corrected chi connectivity index (χ0v) is 14.1. The zero-order chi connectivity index (χ0) is 15.6. The van der Waals surface area contributed by atoms with E-state index in [1.54, 1.807) is 18.3 Å². The summed E-state index contributed by atoms with van der Waals surface area (Å²) in [6.45, 7) is 4.46. The first-order valence-corrected chi connectivity index (χ1v) is 9.43. The maximum Gasteiger partial charge on any atom is 0.244 e. The number of hydrogen-bond acceptors (Lipinski definition) is 5. The number of sulfonamides is 1. The van der Waals surface area contributed by atoms with E-state index in [-0.39, 0.29) is 0 Å². The minimum atomic E-state index is -3.47. The Morgan fingerprint density at radius 3 is 2.45 bits per heavy atom. The number of morpholine rings is 1. The van der Waals surface area contributed by atoms with Gasteiger partial charge in [-0.15, -0.1) is 0 Å². The second-order valence-corrected chi connectivity index (χ2v) is 8.01. The molecule has 1 aromatic rings. The molecule has 0 bridgehead atoms. The molecule has 6 nitrogen and oxygen atoms in total. The standard InChI is InChI=1S/C14H21N3O3S2/c18-22(19,17-7-9-20-10-8-17)13-3-4-14(21)16(11-13)12-15-5-1-2-6-15/h3-4,11H,1-2,5-10,12H2. The van der Waals surface area contributed by atoms with E-state index in [0.717, 1.165) is 13.1 Å². The Morgan fingerprint density at radius 1 is 1.09 bits per heavy atom. The quantitative estimate of drug-likeness (QED) is 0.771. The lowest BCUT2D eigenvalue weighted by atomic mass is 10.4. The minimum Gasteiger partial charge on any atom is -0.379 e. The Hall–Kier alpha value is -0.800. The Labute approximate surface area is 136 Å². The third-order valence-electron chi connectivity index (χ3n) is 4.12. The molecule has 3 rings (SSSR count). The number of nitrogens with zero attached hydrogens (tertiary/aromatic N) is 3. The van der Waals surface area contributed by atoms with Crippen LogP contribution in [0.3, 0.4) is 0 Å². The molecule has 2 saturated heterocycles. The molecule has 2 aliphatic rings. The van der Waals surface area contributed by atoms with Gasteiger partial charge in [-0.1, -0.05) is 12.2 Å². The van der Waals surface area contributed by atoms with Gasteiger partial charge in [0.05, 0.1) is 24.8 Å². The zero-order valence-electron chi connectivity index (χ0n) is 12.5. The average molecular weight is 343 g/mol. The van der Waals surface area contributed by atoms with E-state index in [1.807, 2.05) is 4.57 Å². The van der Waals surface area contributed by atoms with Crippen LogP contribution in [-0.4, -0.2) is 61.6 Å².